The molecule has 1 fully saturated rings. The van der Waals surface area contributed by atoms with Gasteiger partial charge in [-0.05, 0) is 31.0 Å². The maximum Gasteiger partial charge on any atom is 0.274 e. The molecular formula is C24H31N5O3. The van der Waals surface area contributed by atoms with E-state index < -0.39 is 0 Å². The van der Waals surface area contributed by atoms with E-state index in [0.29, 0.717) is 36.0 Å². The number of methoxy groups -OCH3 is 2. The number of carbonyl (C=O) groups is 1. The summed E-state index contributed by atoms with van der Waals surface area (Å²) >= 11 is 0. The van der Waals surface area contributed by atoms with Crippen LogP contribution >= 0.6 is 0 Å². The van der Waals surface area contributed by atoms with Crippen molar-refractivity contribution in [1.29, 1.82) is 0 Å². The second-order valence-corrected chi connectivity index (χ2v) is 9.35. The third-order valence-corrected chi connectivity index (χ3v) is 6.15. The fraction of sp³-hybridized carbons (Fsp3) is 0.458. The SMILES string of the molecule is COc1cc2cc(N)c(C3CCN(C(=O)c4cc(C(C)(C)C)[nH]n4)CC3)nc2cc1OC. The molecule has 3 N–H and O–H groups in total. The Kier molecular flexibility index (Phi) is 5.71. The first kappa shape index (κ1) is 21.9. The van der Waals surface area contributed by atoms with Crippen molar-refractivity contribution >= 4 is 22.5 Å². The third-order valence-electron chi connectivity index (χ3n) is 6.15. The number of aromatic amines is 1. The van der Waals surface area contributed by atoms with Crippen molar-refractivity contribution in [2.24, 2.45) is 0 Å². The van der Waals surface area contributed by atoms with Gasteiger partial charge in [-0.2, -0.15) is 5.10 Å². The Morgan fingerprint density at radius 2 is 1.75 bits per heavy atom. The Morgan fingerprint density at radius 1 is 1.09 bits per heavy atom. The Balaban J connectivity index is 1.50. The van der Waals surface area contributed by atoms with Gasteiger partial charge >= 0.3 is 0 Å². The number of nitrogens with zero attached hydrogens (tertiary/aromatic N) is 3. The van der Waals surface area contributed by atoms with Crippen LogP contribution in [0.25, 0.3) is 10.9 Å². The van der Waals surface area contributed by atoms with E-state index >= 15 is 0 Å². The summed E-state index contributed by atoms with van der Waals surface area (Å²) < 4.78 is 10.8. The van der Waals surface area contributed by atoms with E-state index in [2.05, 4.69) is 31.0 Å². The molecule has 0 unspecified atom stereocenters. The van der Waals surface area contributed by atoms with Gasteiger partial charge in [-0.1, -0.05) is 20.8 Å². The molecule has 8 nitrogen and oxygen atoms in total. The lowest BCUT2D eigenvalue weighted by Crippen LogP contribution is -2.38. The monoisotopic (exact) mass is 437 g/mol. The van der Waals surface area contributed by atoms with Crippen LogP contribution in [0.3, 0.4) is 0 Å². The first-order valence-corrected chi connectivity index (χ1v) is 10.9. The minimum Gasteiger partial charge on any atom is -0.493 e. The number of aromatic nitrogens is 3. The summed E-state index contributed by atoms with van der Waals surface area (Å²) in [5, 5.41) is 8.15. The zero-order valence-corrected chi connectivity index (χ0v) is 19.4. The van der Waals surface area contributed by atoms with Gasteiger partial charge in [-0.15, -0.1) is 0 Å². The maximum atomic E-state index is 12.9. The number of hydrogen-bond acceptors (Lipinski definition) is 6. The number of amides is 1. The summed E-state index contributed by atoms with van der Waals surface area (Å²) in [6, 6.07) is 7.56. The Labute approximate surface area is 188 Å². The average molecular weight is 438 g/mol. The maximum absolute atomic E-state index is 12.9. The Morgan fingerprint density at radius 3 is 2.34 bits per heavy atom. The lowest BCUT2D eigenvalue weighted by molar-refractivity contribution is 0.0706. The number of likely N-dealkylation sites (tertiary alicyclic amines) is 1. The molecule has 1 amide bonds. The van der Waals surface area contributed by atoms with Gasteiger partial charge in [-0.25, -0.2) is 0 Å². The molecule has 3 aromatic rings. The molecule has 0 saturated carbocycles. The van der Waals surface area contributed by atoms with Gasteiger partial charge in [0.05, 0.1) is 31.1 Å². The summed E-state index contributed by atoms with van der Waals surface area (Å²) in [7, 11) is 3.22. The first-order chi connectivity index (χ1) is 15.2. The highest BCUT2D eigenvalue weighted by Crippen LogP contribution is 2.36. The van der Waals surface area contributed by atoms with E-state index in [1.54, 1.807) is 14.2 Å². The fourth-order valence-corrected chi connectivity index (χ4v) is 4.19. The van der Waals surface area contributed by atoms with Crippen molar-refractivity contribution in [2.45, 2.75) is 44.9 Å². The number of fused-ring (bicyclic) bond motifs is 1. The molecule has 170 valence electrons. The minimum absolute atomic E-state index is 0.0357. The average Bonchev–Trinajstić information content (AvgIpc) is 3.28. The molecule has 1 aliphatic heterocycles. The summed E-state index contributed by atoms with van der Waals surface area (Å²) in [5.74, 6) is 1.44. The van der Waals surface area contributed by atoms with E-state index in [-0.39, 0.29) is 17.2 Å². The molecule has 8 heteroatoms. The van der Waals surface area contributed by atoms with Gasteiger partial charge in [0.25, 0.3) is 5.91 Å². The van der Waals surface area contributed by atoms with Crippen LogP contribution in [0.1, 0.15) is 61.4 Å². The highest BCUT2D eigenvalue weighted by atomic mass is 16.5. The van der Waals surface area contributed by atoms with E-state index in [4.69, 9.17) is 20.2 Å². The largest absolute Gasteiger partial charge is 0.493 e. The molecule has 2 aromatic heterocycles. The first-order valence-electron chi connectivity index (χ1n) is 10.9. The molecule has 0 bridgehead atoms. The normalized spacial score (nSPS) is 15.2. The van der Waals surface area contributed by atoms with E-state index in [9.17, 15) is 4.79 Å². The van der Waals surface area contributed by atoms with Crippen LogP contribution in [-0.2, 0) is 5.41 Å². The Hall–Kier alpha value is -3.29. The highest BCUT2D eigenvalue weighted by molar-refractivity contribution is 5.92. The number of ether oxygens (including phenoxy) is 2. The van der Waals surface area contributed by atoms with Crippen LogP contribution in [0.5, 0.6) is 11.5 Å². The molecule has 32 heavy (non-hydrogen) atoms. The molecule has 4 rings (SSSR count). The van der Waals surface area contributed by atoms with Crippen molar-refractivity contribution in [3.8, 4) is 11.5 Å². The number of carbonyl (C=O) groups excluding carboxylic acids is 1. The van der Waals surface area contributed by atoms with Crippen molar-refractivity contribution < 1.29 is 14.3 Å². The predicted molar refractivity (Wildman–Crippen MR) is 124 cm³/mol. The topological polar surface area (TPSA) is 106 Å². The summed E-state index contributed by atoms with van der Waals surface area (Å²) in [4.78, 5) is 19.7. The van der Waals surface area contributed by atoms with Gasteiger partial charge in [0.15, 0.2) is 11.5 Å². The zero-order chi connectivity index (χ0) is 23.0. The van der Waals surface area contributed by atoms with Crippen molar-refractivity contribution in [3.63, 3.8) is 0 Å². The molecule has 1 aromatic carbocycles. The lowest BCUT2D eigenvalue weighted by Gasteiger charge is -2.31. The zero-order valence-electron chi connectivity index (χ0n) is 19.4. The van der Waals surface area contributed by atoms with Gasteiger partial charge in [0.1, 0.15) is 5.69 Å². The highest BCUT2D eigenvalue weighted by Gasteiger charge is 2.29. The van der Waals surface area contributed by atoms with Crippen LogP contribution in [-0.4, -0.2) is 53.3 Å². The quantitative estimate of drug-likeness (QED) is 0.642. The van der Waals surface area contributed by atoms with Gasteiger partial charge < -0.3 is 20.1 Å². The minimum atomic E-state index is -0.0789. The molecule has 0 aliphatic carbocycles. The number of nitrogens with one attached hydrogen (secondary N) is 1. The van der Waals surface area contributed by atoms with Crippen LogP contribution < -0.4 is 15.2 Å². The molecule has 1 aliphatic rings. The second kappa shape index (κ2) is 8.33. The van der Waals surface area contributed by atoms with Crippen molar-refractivity contribution in [1.82, 2.24) is 20.1 Å². The van der Waals surface area contributed by atoms with E-state index in [1.807, 2.05) is 29.2 Å². The predicted octanol–water partition coefficient (Wildman–Crippen LogP) is 3.87. The van der Waals surface area contributed by atoms with Gasteiger partial charge in [-0.3, -0.25) is 14.9 Å². The number of benzene rings is 1. The van der Waals surface area contributed by atoms with Crippen LogP contribution in [0, 0.1) is 0 Å². The number of rotatable bonds is 4. The molecule has 1 saturated heterocycles. The fourth-order valence-electron chi connectivity index (χ4n) is 4.19. The Bertz CT molecular complexity index is 1140. The number of hydrogen-bond donors (Lipinski definition) is 2. The van der Waals surface area contributed by atoms with Crippen LogP contribution in [0.2, 0.25) is 0 Å². The number of piperidine rings is 1. The number of nitrogens with two attached hydrogens (primary N) is 1. The summed E-state index contributed by atoms with van der Waals surface area (Å²) in [5.41, 5.74) is 10.1. The third kappa shape index (κ3) is 4.09. The number of nitrogen functional groups attached to an aromatic ring is 1. The van der Waals surface area contributed by atoms with Crippen molar-refractivity contribution in [2.75, 3.05) is 33.0 Å². The summed E-state index contributed by atoms with van der Waals surface area (Å²) in [6.07, 6.45) is 1.61. The van der Waals surface area contributed by atoms with Gasteiger partial charge in [0.2, 0.25) is 0 Å². The molecule has 0 spiro atoms. The summed E-state index contributed by atoms with van der Waals surface area (Å²) in [6.45, 7) is 7.56. The van der Waals surface area contributed by atoms with Crippen LogP contribution in [0.15, 0.2) is 24.3 Å². The standard InChI is InChI=1S/C24H31N5O3/c1-24(2,3)21-13-18(27-28-21)23(30)29-8-6-14(7-9-29)22-16(25)10-15-11-19(31-4)20(32-5)12-17(15)26-22/h10-14H,6-9,25H2,1-5H3,(H,27,28). The lowest BCUT2D eigenvalue weighted by atomic mass is 9.91. The van der Waals surface area contributed by atoms with Crippen LogP contribution in [0.4, 0.5) is 5.69 Å². The van der Waals surface area contributed by atoms with E-state index in [0.717, 1.165) is 35.1 Å². The number of pyridine rings is 1. The molecule has 3 heterocycles. The molecule has 0 radical (unpaired) electrons. The number of H-pyrrole nitrogens is 1. The van der Waals surface area contributed by atoms with Gasteiger partial charge in [0, 0.05) is 41.6 Å². The van der Waals surface area contributed by atoms with Crippen molar-refractivity contribution in [3.05, 3.63) is 41.3 Å². The molecule has 0 atom stereocenters. The molecular weight excluding hydrogens is 406 g/mol. The smallest absolute Gasteiger partial charge is 0.274 e. The number of anilines is 1. The van der Waals surface area contributed by atoms with E-state index in [1.165, 1.54) is 0 Å². The second-order valence-electron chi connectivity index (χ2n) is 9.35.